The molecule has 2 rings (SSSR count). The summed E-state index contributed by atoms with van der Waals surface area (Å²) in [5, 5.41) is 12.7. The third kappa shape index (κ3) is 2.96. The lowest BCUT2D eigenvalue weighted by atomic mass is 10.0. The minimum Gasteiger partial charge on any atom is -0.395 e. The van der Waals surface area contributed by atoms with Gasteiger partial charge in [-0.15, -0.1) is 0 Å². The van der Waals surface area contributed by atoms with Crippen LogP contribution in [0.2, 0.25) is 0 Å². The molecular formula is C15H23N3O. The summed E-state index contributed by atoms with van der Waals surface area (Å²) in [5.74, 6) is 1.45. The van der Waals surface area contributed by atoms with Crippen molar-refractivity contribution in [2.75, 3.05) is 6.61 Å². The average Bonchev–Trinajstić information content (AvgIpc) is 2.65. The number of rotatable bonds is 5. The largest absolute Gasteiger partial charge is 0.395 e. The zero-order chi connectivity index (χ0) is 14.0. The van der Waals surface area contributed by atoms with Crippen molar-refractivity contribution in [2.24, 2.45) is 13.0 Å². The summed E-state index contributed by atoms with van der Waals surface area (Å²) in [6.45, 7) is 7.16. The van der Waals surface area contributed by atoms with Gasteiger partial charge >= 0.3 is 0 Å². The van der Waals surface area contributed by atoms with Crippen LogP contribution in [0, 0.1) is 12.8 Å². The lowest BCUT2D eigenvalue weighted by molar-refractivity contribution is 0.210. The summed E-state index contributed by atoms with van der Waals surface area (Å²) in [6.07, 6.45) is 0. The van der Waals surface area contributed by atoms with E-state index in [1.807, 2.05) is 14.0 Å². The molecule has 4 nitrogen and oxygen atoms in total. The highest BCUT2D eigenvalue weighted by molar-refractivity contribution is 5.76. The summed E-state index contributed by atoms with van der Waals surface area (Å²) in [7, 11) is 2.03. The molecular weight excluding hydrogens is 238 g/mol. The first-order chi connectivity index (χ1) is 9.02. The Morgan fingerprint density at radius 3 is 2.74 bits per heavy atom. The van der Waals surface area contributed by atoms with Gasteiger partial charge in [0, 0.05) is 19.6 Å². The van der Waals surface area contributed by atoms with Crippen LogP contribution in [0.25, 0.3) is 11.0 Å². The van der Waals surface area contributed by atoms with Crippen LogP contribution in [0.1, 0.15) is 25.2 Å². The molecule has 0 spiro atoms. The highest BCUT2D eigenvalue weighted by Crippen LogP contribution is 2.16. The average molecular weight is 261 g/mol. The number of aromatic nitrogens is 2. The number of fused-ring (bicyclic) bond motifs is 1. The predicted octanol–water partition coefficient (Wildman–Crippen LogP) is 1.99. The van der Waals surface area contributed by atoms with Crippen LogP contribution >= 0.6 is 0 Å². The number of nitrogens with zero attached hydrogens (tertiary/aromatic N) is 2. The molecule has 1 aromatic heterocycles. The maximum atomic E-state index is 9.31. The molecule has 0 bridgehead atoms. The molecule has 1 heterocycles. The second-order valence-electron chi connectivity index (χ2n) is 5.46. The van der Waals surface area contributed by atoms with Gasteiger partial charge < -0.3 is 15.0 Å². The molecule has 0 radical (unpaired) electrons. The van der Waals surface area contributed by atoms with E-state index in [1.165, 1.54) is 5.56 Å². The molecule has 1 atom stereocenters. The molecule has 1 unspecified atom stereocenters. The maximum absolute atomic E-state index is 9.31. The smallest absolute Gasteiger partial charge is 0.106 e. The van der Waals surface area contributed by atoms with Crippen LogP contribution in [0.15, 0.2) is 18.2 Å². The molecule has 1 aromatic carbocycles. The lowest BCUT2D eigenvalue weighted by Crippen LogP contribution is -2.36. The molecule has 0 saturated heterocycles. The van der Waals surface area contributed by atoms with Crippen LogP contribution in [-0.2, 0) is 13.6 Å². The molecule has 2 aromatic rings. The first kappa shape index (κ1) is 14.0. The third-order valence-electron chi connectivity index (χ3n) is 3.74. The fourth-order valence-electron chi connectivity index (χ4n) is 2.24. The van der Waals surface area contributed by atoms with E-state index in [9.17, 15) is 5.11 Å². The van der Waals surface area contributed by atoms with Gasteiger partial charge in [0.25, 0.3) is 0 Å². The van der Waals surface area contributed by atoms with Gasteiger partial charge in [-0.2, -0.15) is 0 Å². The molecule has 2 N–H and O–H groups in total. The number of hydrogen-bond acceptors (Lipinski definition) is 3. The van der Waals surface area contributed by atoms with Crippen molar-refractivity contribution < 1.29 is 5.11 Å². The van der Waals surface area contributed by atoms with E-state index in [-0.39, 0.29) is 12.6 Å². The molecule has 0 fully saturated rings. The van der Waals surface area contributed by atoms with Crippen molar-refractivity contribution in [1.29, 1.82) is 0 Å². The number of benzene rings is 1. The monoisotopic (exact) mass is 261 g/mol. The van der Waals surface area contributed by atoms with Gasteiger partial charge in [0.05, 0.1) is 17.6 Å². The topological polar surface area (TPSA) is 50.1 Å². The lowest BCUT2D eigenvalue weighted by Gasteiger charge is -2.19. The fraction of sp³-hybridized carbons (Fsp3) is 0.533. The van der Waals surface area contributed by atoms with Crippen molar-refractivity contribution in [3.8, 4) is 0 Å². The fourth-order valence-corrected chi connectivity index (χ4v) is 2.24. The van der Waals surface area contributed by atoms with E-state index >= 15 is 0 Å². The van der Waals surface area contributed by atoms with Crippen molar-refractivity contribution in [3.63, 3.8) is 0 Å². The highest BCUT2D eigenvalue weighted by Gasteiger charge is 2.11. The quantitative estimate of drug-likeness (QED) is 0.865. The summed E-state index contributed by atoms with van der Waals surface area (Å²) in [4.78, 5) is 4.54. The Morgan fingerprint density at radius 1 is 1.37 bits per heavy atom. The molecule has 0 aliphatic carbocycles. The molecule has 104 valence electrons. The standard InChI is InChI=1S/C15H23N3O/c1-10(2)14(9-19)16-8-12-5-6-15-13(7-12)17-11(3)18(15)4/h5-7,10,14,16,19H,8-9H2,1-4H3. The minimum atomic E-state index is 0.140. The van der Waals surface area contributed by atoms with Crippen LogP contribution in [0.4, 0.5) is 0 Å². The predicted molar refractivity (Wildman–Crippen MR) is 78.0 cm³/mol. The first-order valence-corrected chi connectivity index (χ1v) is 6.79. The number of nitrogens with one attached hydrogen (secondary N) is 1. The molecule has 19 heavy (non-hydrogen) atoms. The van der Waals surface area contributed by atoms with E-state index < -0.39 is 0 Å². The van der Waals surface area contributed by atoms with Crippen LogP contribution in [-0.4, -0.2) is 27.3 Å². The Labute approximate surface area is 114 Å². The Hall–Kier alpha value is -1.39. The second-order valence-corrected chi connectivity index (χ2v) is 5.46. The van der Waals surface area contributed by atoms with Gasteiger partial charge in [0.2, 0.25) is 0 Å². The van der Waals surface area contributed by atoms with E-state index in [1.54, 1.807) is 0 Å². The van der Waals surface area contributed by atoms with Crippen LogP contribution in [0.5, 0.6) is 0 Å². The van der Waals surface area contributed by atoms with E-state index in [0.29, 0.717) is 5.92 Å². The zero-order valence-electron chi connectivity index (χ0n) is 12.1. The van der Waals surface area contributed by atoms with Crippen LogP contribution < -0.4 is 5.32 Å². The maximum Gasteiger partial charge on any atom is 0.106 e. The van der Waals surface area contributed by atoms with Crippen molar-refractivity contribution in [2.45, 2.75) is 33.4 Å². The Kier molecular flexibility index (Phi) is 4.22. The van der Waals surface area contributed by atoms with Crippen molar-refractivity contribution in [1.82, 2.24) is 14.9 Å². The van der Waals surface area contributed by atoms with Crippen molar-refractivity contribution >= 4 is 11.0 Å². The zero-order valence-corrected chi connectivity index (χ0v) is 12.1. The van der Waals surface area contributed by atoms with Gasteiger partial charge in [-0.3, -0.25) is 0 Å². The first-order valence-electron chi connectivity index (χ1n) is 6.79. The summed E-state index contributed by atoms with van der Waals surface area (Å²) in [6, 6.07) is 6.48. The van der Waals surface area contributed by atoms with Gasteiger partial charge in [-0.1, -0.05) is 19.9 Å². The summed E-state index contributed by atoms with van der Waals surface area (Å²) >= 11 is 0. The molecule has 4 heteroatoms. The van der Waals surface area contributed by atoms with Gasteiger partial charge in [-0.05, 0) is 30.5 Å². The minimum absolute atomic E-state index is 0.140. The SMILES string of the molecule is Cc1nc2cc(CNC(CO)C(C)C)ccc2n1C. The van der Waals surface area contributed by atoms with Crippen LogP contribution in [0.3, 0.4) is 0 Å². The molecule has 0 aliphatic heterocycles. The van der Waals surface area contributed by atoms with E-state index in [2.05, 4.69) is 46.9 Å². The highest BCUT2D eigenvalue weighted by atomic mass is 16.3. The van der Waals surface area contributed by atoms with Crippen molar-refractivity contribution in [3.05, 3.63) is 29.6 Å². The molecule has 0 aliphatic rings. The number of aryl methyl sites for hydroxylation is 2. The number of aliphatic hydroxyl groups excluding tert-OH is 1. The Balaban J connectivity index is 2.13. The number of hydrogen-bond donors (Lipinski definition) is 2. The number of imidazole rings is 1. The van der Waals surface area contributed by atoms with E-state index in [0.717, 1.165) is 23.4 Å². The van der Waals surface area contributed by atoms with E-state index in [4.69, 9.17) is 0 Å². The summed E-state index contributed by atoms with van der Waals surface area (Å²) in [5.41, 5.74) is 3.39. The summed E-state index contributed by atoms with van der Waals surface area (Å²) < 4.78 is 2.09. The Morgan fingerprint density at radius 2 is 2.11 bits per heavy atom. The molecule has 0 amide bonds. The van der Waals surface area contributed by atoms with Gasteiger partial charge in [-0.25, -0.2) is 4.98 Å². The Bertz CT molecular complexity index is 560. The second kappa shape index (κ2) is 5.72. The number of aliphatic hydroxyl groups is 1. The van der Waals surface area contributed by atoms with Gasteiger partial charge in [0.1, 0.15) is 5.82 Å². The normalized spacial score (nSPS) is 13.4. The molecule has 0 saturated carbocycles. The van der Waals surface area contributed by atoms with Gasteiger partial charge in [0.15, 0.2) is 0 Å². The third-order valence-corrected chi connectivity index (χ3v) is 3.74.